The first-order valence-electron chi connectivity index (χ1n) is 14.5. The largest absolute Gasteiger partial charge is 0.354 e. The van der Waals surface area contributed by atoms with Crippen LogP contribution in [0.5, 0.6) is 0 Å². The van der Waals surface area contributed by atoms with Crippen LogP contribution in [-0.4, -0.2) is 67.8 Å². The van der Waals surface area contributed by atoms with Crippen molar-refractivity contribution in [2.75, 3.05) is 37.9 Å². The van der Waals surface area contributed by atoms with Crippen molar-refractivity contribution in [1.82, 2.24) is 0 Å². The van der Waals surface area contributed by atoms with E-state index in [9.17, 15) is 0 Å². The molecule has 0 rings (SSSR count). The third-order valence-corrected chi connectivity index (χ3v) is 14.3. The van der Waals surface area contributed by atoms with Gasteiger partial charge in [0.05, 0.1) is 19.0 Å². The zero-order valence-corrected chi connectivity index (χ0v) is 29.3. The van der Waals surface area contributed by atoms with E-state index in [1.807, 2.05) is 31.4 Å². The van der Waals surface area contributed by atoms with Gasteiger partial charge in [0.15, 0.2) is 0 Å². The average Bonchev–Trinajstić information content (AvgIpc) is 2.87. The smallest absolute Gasteiger partial charge is 0.144 e. The molecule has 0 amide bonds. The lowest BCUT2D eigenvalue weighted by atomic mass is 10.3. The summed E-state index contributed by atoms with van der Waals surface area (Å²) in [6, 6.07) is 0. The third-order valence-electron chi connectivity index (χ3n) is 6.20. The van der Waals surface area contributed by atoms with Crippen molar-refractivity contribution in [3.63, 3.8) is 0 Å². The molecule has 0 atom stereocenters. The van der Waals surface area contributed by atoms with Crippen LogP contribution in [0.15, 0.2) is 0 Å². The van der Waals surface area contributed by atoms with E-state index >= 15 is 0 Å². The van der Waals surface area contributed by atoms with E-state index in [0.717, 1.165) is 76.5 Å². The maximum atomic E-state index is 6.34. The molecule has 0 aromatic carbocycles. The Hall–Kier alpha value is 1.32. The number of unbranched alkanes of at least 4 members (excludes halogenated alkanes) is 4. The van der Waals surface area contributed by atoms with Gasteiger partial charge in [-0.15, -0.1) is 0 Å². The minimum absolute atomic E-state index is 0.244. The summed E-state index contributed by atoms with van der Waals surface area (Å²) in [4.78, 5) is 0. The predicted molar refractivity (Wildman–Crippen MR) is 169 cm³/mol. The van der Waals surface area contributed by atoms with Crippen LogP contribution in [0.4, 0.5) is 0 Å². The van der Waals surface area contributed by atoms with Crippen LogP contribution in [0.3, 0.4) is 0 Å². The van der Waals surface area contributed by atoms with Gasteiger partial charge in [-0.2, -0.15) is 0 Å². The molecular formula is C26H58O4S3Si2. The molecule has 0 aliphatic carbocycles. The summed E-state index contributed by atoms with van der Waals surface area (Å²) in [5.41, 5.74) is -0.489. The van der Waals surface area contributed by atoms with Crippen LogP contribution in [0, 0.1) is 0 Å². The Morgan fingerprint density at radius 3 is 1.09 bits per heavy atom. The molecule has 0 bridgehead atoms. The molecule has 0 saturated heterocycles. The highest BCUT2D eigenvalue weighted by Crippen LogP contribution is 2.37. The van der Waals surface area contributed by atoms with E-state index < -0.39 is 19.0 Å². The first-order valence-corrected chi connectivity index (χ1v) is 22.6. The monoisotopic (exact) mass is 586 g/mol. The molecule has 0 aliphatic heterocycles. The van der Waals surface area contributed by atoms with E-state index in [1.165, 1.54) is 38.5 Å². The topological polar surface area (TPSA) is 36.9 Å². The molecule has 0 aliphatic rings. The Labute approximate surface area is 235 Å². The zero-order valence-electron chi connectivity index (χ0n) is 24.0. The molecule has 35 heavy (non-hydrogen) atoms. The molecule has 0 aromatic rings. The Morgan fingerprint density at radius 1 is 0.514 bits per heavy atom. The van der Waals surface area contributed by atoms with Crippen molar-refractivity contribution in [3.05, 3.63) is 0 Å². The van der Waals surface area contributed by atoms with Crippen LogP contribution < -0.4 is 0 Å². The van der Waals surface area contributed by atoms with Gasteiger partial charge in [-0.3, -0.25) is 0 Å². The maximum Gasteiger partial charge on any atom is 0.144 e. The van der Waals surface area contributed by atoms with Gasteiger partial charge in [-0.25, -0.2) is 0 Å². The summed E-state index contributed by atoms with van der Waals surface area (Å²) < 4.78 is 25.3. The fraction of sp³-hybridized carbons (Fsp3) is 1.00. The third kappa shape index (κ3) is 19.1. The Bertz CT molecular complexity index is 393. The van der Waals surface area contributed by atoms with Crippen LogP contribution in [0.1, 0.15) is 105 Å². The Morgan fingerprint density at radius 2 is 0.829 bits per heavy atom. The van der Waals surface area contributed by atoms with E-state index in [4.69, 9.17) is 18.9 Å². The molecule has 0 unspecified atom stereocenters. The van der Waals surface area contributed by atoms with Crippen LogP contribution in [0.2, 0.25) is 13.1 Å². The fourth-order valence-corrected chi connectivity index (χ4v) is 10.1. The highest BCUT2D eigenvalue weighted by molar-refractivity contribution is 9.09. The summed E-state index contributed by atoms with van der Waals surface area (Å²) in [6.07, 6.45) is 13.7. The van der Waals surface area contributed by atoms with Gasteiger partial charge in [0.2, 0.25) is 0 Å². The Kier molecular flexibility index (Phi) is 26.6. The second-order valence-electron chi connectivity index (χ2n) is 9.26. The van der Waals surface area contributed by atoms with Gasteiger partial charge < -0.3 is 18.9 Å². The van der Waals surface area contributed by atoms with Gasteiger partial charge in [0.1, 0.15) is 10.8 Å². The highest BCUT2D eigenvalue weighted by Gasteiger charge is 2.30. The molecular weight excluding hydrogens is 529 g/mol. The molecule has 0 spiro atoms. The second kappa shape index (κ2) is 25.6. The number of hydrogen-bond acceptors (Lipinski definition) is 7. The fourth-order valence-electron chi connectivity index (χ4n) is 3.65. The highest BCUT2D eigenvalue weighted by atomic mass is 33.5. The van der Waals surface area contributed by atoms with Crippen LogP contribution in [0.25, 0.3) is 0 Å². The van der Waals surface area contributed by atoms with Gasteiger partial charge in [-0.1, -0.05) is 88.1 Å². The summed E-state index contributed by atoms with van der Waals surface area (Å²) >= 11 is 0. The van der Waals surface area contributed by atoms with Crippen molar-refractivity contribution >= 4 is 50.5 Å². The Balaban J connectivity index is 4.26. The molecule has 0 fully saturated rings. The lowest BCUT2D eigenvalue weighted by Crippen LogP contribution is -2.42. The maximum absolute atomic E-state index is 6.34. The number of ether oxygens (including phenoxy) is 4. The standard InChI is InChI=1S/C26H58O4S3Si2/c1-7-11-19-27-25(34-5,28-20-12-8-2)17-15-23-31-33-32-24-16-18-26(35-6,29-21-13-9-3)30-22-14-10-4/h7-24,34-35H2,1-6H3. The zero-order chi connectivity index (χ0) is 26.1. The minimum atomic E-state index is -0.404. The minimum Gasteiger partial charge on any atom is -0.354 e. The summed E-state index contributed by atoms with van der Waals surface area (Å²) in [5.74, 6) is 2.32. The van der Waals surface area contributed by atoms with Crippen molar-refractivity contribution in [3.8, 4) is 0 Å². The molecule has 0 aromatic heterocycles. The van der Waals surface area contributed by atoms with Crippen molar-refractivity contribution in [1.29, 1.82) is 0 Å². The van der Waals surface area contributed by atoms with Gasteiger partial charge in [-0.05, 0) is 61.2 Å². The normalized spacial score (nSPS) is 13.2. The molecule has 4 nitrogen and oxygen atoms in total. The van der Waals surface area contributed by atoms with E-state index in [1.54, 1.807) is 0 Å². The van der Waals surface area contributed by atoms with Gasteiger partial charge in [0.25, 0.3) is 0 Å². The second-order valence-corrected chi connectivity index (χ2v) is 17.3. The lowest BCUT2D eigenvalue weighted by molar-refractivity contribution is -0.186. The average molecular weight is 587 g/mol. The SMILES string of the molecule is CCCCOC(CCCSSSCCCC(OCCCC)(OCCCC)[SiH2]C)(OCCCC)[SiH2]C. The van der Waals surface area contributed by atoms with Gasteiger partial charge >= 0.3 is 0 Å². The van der Waals surface area contributed by atoms with Gasteiger partial charge in [0, 0.05) is 37.9 Å². The quantitative estimate of drug-likeness (QED) is 0.0405. The first kappa shape index (κ1) is 36.3. The molecule has 212 valence electrons. The molecule has 0 N–H and O–H groups in total. The number of rotatable bonds is 28. The first-order chi connectivity index (χ1) is 17.1. The summed E-state index contributed by atoms with van der Waals surface area (Å²) in [5, 5.41) is 0. The van der Waals surface area contributed by atoms with Crippen LogP contribution >= 0.6 is 31.4 Å². The van der Waals surface area contributed by atoms with Crippen molar-refractivity contribution in [2.24, 2.45) is 0 Å². The van der Waals surface area contributed by atoms with E-state index in [-0.39, 0.29) is 10.8 Å². The lowest BCUT2D eigenvalue weighted by Gasteiger charge is -2.33. The summed E-state index contributed by atoms with van der Waals surface area (Å²) in [6.45, 7) is 16.9. The molecule has 9 heteroatoms. The predicted octanol–water partition coefficient (Wildman–Crippen LogP) is 7.58. The molecule has 0 radical (unpaired) electrons. The van der Waals surface area contributed by atoms with E-state index in [2.05, 4.69) is 40.8 Å². The number of hydrogen-bond donors (Lipinski definition) is 0. The van der Waals surface area contributed by atoms with E-state index in [0.29, 0.717) is 0 Å². The van der Waals surface area contributed by atoms with Crippen molar-refractivity contribution in [2.45, 2.75) is 129 Å². The molecule has 0 heterocycles. The van der Waals surface area contributed by atoms with Crippen LogP contribution in [-0.2, 0) is 18.9 Å². The summed E-state index contributed by atoms with van der Waals surface area (Å²) in [7, 11) is 5.12. The molecule has 0 saturated carbocycles. The van der Waals surface area contributed by atoms with Crippen molar-refractivity contribution < 1.29 is 18.9 Å².